The maximum Gasteiger partial charge on any atom is 0.345 e. The molecule has 0 unspecified atom stereocenters. The number of rotatable bonds is 6. The number of carbonyl (C=O) groups is 3. The molecule has 5 heteroatoms. The van der Waals surface area contributed by atoms with Gasteiger partial charge in [-0.1, -0.05) is 37.3 Å². The van der Waals surface area contributed by atoms with Crippen molar-refractivity contribution >= 4 is 17.9 Å². The summed E-state index contributed by atoms with van der Waals surface area (Å²) in [4.78, 5) is 35.1. The van der Waals surface area contributed by atoms with Gasteiger partial charge in [-0.25, -0.2) is 9.59 Å². The van der Waals surface area contributed by atoms with E-state index in [9.17, 15) is 14.4 Å². The van der Waals surface area contributed by atoms with Crippen molar-refractivity contribution in [3.8, 4) is 0 Å². The molecule has 0 saturated heterocycles. The van der Waals surface area contributed by atoms with Crippen molar-refractivity contribution in [2.75, 3.05) is 6.61 Å². The van der Waals surface area contributed by atoms with Crippen LogP contribution >= 0.6 is 0 Å². The summed E-state index contributed by atoms with van der Waals surface area (Å²) >= 11 is 0. The molecular formula is C19H18O5. The molecule has 0 heterocycles. The SMILES string of the molecule is CCc1ccc(C(=O)OCCC(=O)OC(=O)c2ccccc2)cc1. The van der Waals surface area contributed by atoms with Crippen LogP contribution in [-0.2, 0) is 20.7 Å². The number of esters is 3. The smallest absolute Gasteiger partial charge is 0.345 e. The van der Waals surface area contributed by atoms with Crippen molar-refractivity contribution in [3.63, 3.8) is 0 Å². The van der Waals surface area contributed by atoms with E-state index in [0.29, 0.717) is 11.1 Å². The Bertz CT molecular complexity index is 704. The van der Waals surface area contributed by atoms with E-state index in [2.05, 4.69) is 4.74 Å². The fourth-order valence-corrected chi connectivity index (χ4v) is 1.97. The lowest BCUT2D eigenvalue weighted by Gasteiger charge is -2.06. The van der Waals surface area contributed by atoms with Crippen LogP contribution in [0, 0.1) is 0 Å². The van der Waals surface area contributed by atoms with Crippen molar-refractivity contribution < 1.29 is 23.9 Å². The predicted octanol–water partition coefficient (Wildman–Crippen LogP) is 3.18. The molecule has 0 aromatic heterocycles. The van der Waals surface area contributed by atoms with Gasteiger partial charge in [0, 0.05) is 0 Å². The Balaban J connectivity index is 1.75. The number of carbonyl (C=O) groups excluding carboxylic acids is 3. The first-order valence-electron chi connectivity index (χ1n) is 7.66. The van der Waals surface area contributed by atoms with Crippen LogP contribution in [0.2, 0.25) is 0 Å². The summed E-state index contributed by atoms with van der Waals surface area (Å²) in [6, 6.07) is 15.3. The molecule has 0 bridgehead atoms. The van der Waals surface area contributed by atoms with Gasteiger partial charge in [-0.05, 0) is 36.2 Å². The Morgan fingerprint density at radius 2 is 1.46 bits per heavy atom. The minimum Gasteiger partial charge on any atom is -0.461 e. The standard InChI is InChI=1S/C19H18O5/c1-2-14-8-10-16(11-9-14)18(21)23-13-12-17(20)24-19(22)15-6-4-3-5-7-15/h3-11H,2,12-13H2,1H3. The minimum atomic E-state index is -0.738. The fraction of sp³-hybridized carbons (Fsp3) is 0.211. The second-order valence-electron chi connectivity index (χ2n) is 5.06. The Hall–Kier alpha value is -2.95. The van der Waals surface area contributed by atoms with Crippen molar-refractivity contribution in [1.82, 2.24) is 0 Å². The molecule has 2 aromatic rings. The number of hydrogen-bond donors (Lipinski definition) is 0. The summed E-state index contributed by atoms with van der Waals surface area (Å²) in [5, 5.41) is 0. The molecule has 0 aliphatic rings. The summed E-state index contributed by atoms with van der Waals surface area (Å²) in [5.74, 6) is -1.97. The number of benzene rings is 2. The van der Waals surface area contributed by atoms with Gasteiger partial charge >= 0.3 is 17.9 Å². The Morgan fingerprint density at radius 3 is 2.08 bits per heavy atom. The second-order valence-corrected chi connectivity index (χ2v) is 5.06. The van der Waals surface area contributed by atoms with Crippen LogP contribution < -0.4 is 0 Å². The van der Waals surface area contributed by atoms with Crippen LogP contribution in [0.5, 0.6) is 0 Å². The molecule has 124 valence electrons. The van der Waals surface area contributed by atoms with E-state index >= 15 is 0 Å². The molecule has 2 aromatic carbocycles. The quantitative estimate of drug-likeness (QED) is 0.602. The second kappa shape index (κ2) is 8.62. The average Bonchev–Trinajstić information content (AvgIpc) is 2.62. The summed E-state index contributed by atoms with van der Waals surface area (Å²) < 4.78 is 9.69. The Kier molecular flexibility index (Phi) is 6.25. The topological polar surface area (TPSA) is 69.7 Å². The summed E-state index contributed by atoms with van der Waals surface area (Å²) in [6.45, 7) is 1.88. The van der Waals surface area contributed by atoms with Gasteiger partial charge in [0.15, 0.2) is 0 Å². The molecule has 0 aliphatic carbocycles. The summed E-state index contributed by atoms with van der Waals surface area (Å²) in [6.07, 6.45) is 0.702. The third-order valence-electron chi connectivity index (χ3n) is 3.35. The molecule has 2 rings (SSSR count). The fourth-order valence-electron chi connectivity index (χ4n) is 1.97. The van der Waals surface area contributed by atoms with Crippen molar-refractivity contribution in [2.24, 2.45) is 0 Å². The summed E-state index contributed by atoms with van der Waals surface area (Å²) in [5.41, 5.74) is 1.83. The number of ether oxygens (including phenoxy) is 2. The van der Waals surface area contributed by atoms with Gasteiger partial charge in [0.1, 0.15) is 6.61 Å². The largest absolute Gasteiger partial charge is 0.461 e. The van der Waals surface area contributed by atoms with Crippen LogP contribution in [0.25, 0.3) is 0 Å². The lowest BCUT2D eigenvalue weighted by molar-refractivity contribution is -0.138. The molecule has 0 aliphatic heterocycles. The van der Waals surface area contributed by atoms with Crippen LogP contribution in [-0.4, -0.2) is 24.5 Å². The highest BCUT2D eigenvalue weighted by Crippen LogP contribution is 2.07. The zero-order valence-corrected chi connectivity index (χ0v) is 13.4. The van der Waals surface area contributed by atoms with E-state index in [1.807, 2.05) is 19.1 Å². The highest BCUT2D eigenvalue weighted by molar-refractivity contribution is 5.96. The van der Waals surface area contributed by atoms with Gasteiger partial charge in [-0.15, -0.1) is 0 Å². The highest BCUT2D eigenvalue weighted by atomic mass is 16.6. The third-order valence-corrected chi connectivity index (χ3v) is 3.35. The van der Waals surface area contributed by atoms with Crippen LogP contribution in [0.1, 0.15) is 39.6 Å². The highest BCUT2D eigenvalue weighted by Gasteiger charge is 2.14. The van der Waals surface area contributed by atoms with Crippen LogP contribution in [0.15, 0.2) is 54.6 Å². The zero-order chi connectivity index (χ0) is 17.4. The molecular weight excluding hydrogens is 308 g/mol. The maximum atomic E-state index is 11.8. The van der Waals surface area contributed by atoms with E-state index in [1.54, 1.807) is 42.5 Å². The molecule has 0 radical (unpaired) electrons. The zero-order valence-electron chi connectivity index (χ0n) is 13.4. The first kappa shape index (κ1) is 17.4. The van der Waals surface area contributed by atoms with E-state index in [0.717, 1.165) is 12.0 Å². The van der Waals surface area contributed by atoms with Gasteiger partial charge in [0.05, 0.1) is 17.5 Å². The lowest BCUT2D eigenvalue weighted by Crippen LogP contribution is -2.16. The maximum absolute atomic E-state index is 11.8. The number of aryl methyl sites for hydroxylation is 1. The molecule has 0 atom stereocenters. The first-order valence-corrected chi connectivity index (χ1v) is 7.66. The van der Waals surface area contributed by atoms with E-state index in [1.165, 1.54) is 0 Å². The van der Waals surface area contributed by atoms with Gasteiger partial charge in [-0.2, -0.15) is 0 Å². The molecule has 0 amide bonds. The van der Waals surface area contributed by atoms with Crippen LogP contribution in [0.4, 0.5) is 0 Å². The normalized spacial score (nSPS) is 10.0. The molecule has 24 heavy (non-hydrogen) atoms. The molecule has 0 N–H and O–H groups in total. The van der Waals surface area contributed by atoms with Crippen molar-refractivity contribution in [1.29, 1.82) is 0 Å². The minimum absolute atomic E-state index is 0.144. The number of hydrogen-bond acceptors (Lipinski definition) is 5. The lowest BCUT2D eigenvalue weighted by atomic mass is 10.1. The average molecular weight is 326 g/mol. The van der Waals surface area contributed by atoms with Crippen molar-refractivity contribution in [3.05, 3.63) is 71.3 Å². The van der Waals surface area contributed by atoms with Gasteiger partial charge in [-0.3, -0.25) is 4.79 Å². The van der Waals surface area contributed by atoms with Crippen molar-refractivity contribution in [2.45, 2.75) is 19.8 Å². The van der Waals surface area contributed by atoms with E-state index in [4.69, 9.17) is 4.74 Å². The van der Waals surface area contributed by atoms with Gasteiger partial charge in [0.2, 0.25) is 0 Å². The predicted molar refractivity (Wildman–Crippen MR) is 87.6 cm³/mol. The monoisotopic (exact) mass is 326 g/mol. The van der Waals surface area contributed by atoms with Gasteiger partial charge < -0.3 is 9.47 Å². The molecule has 0 saturated carbocycles. The molecule has 0 fully saturated rings. The third kappa shape index (κ3) is 5.05. The molecule has 5 nitrogen and oxygen atoms in total. The van der Waals surface area contributed by atoms with E-state index < -0.39 is 17.9 Å². The Labute approximate surface area is 140 Å². The van der Waals surface area contributed by atoms with Gasteiger partial charge in [0.25, 0.3) is 0 Å². The first-order chi connectivity index (χ1) is 11.6. The Morgan fingerprint density at radius 1 is 0.833 bits per heavy atom. The van der Waals surface area contributed by atoms with E-state index in [-0.39, 0.29) is 13.0 Å². The summed E-state index contributed by atoms with van der Waals surface area (Å²) in [7, 11) is 0. The molecule has 0 spiro atoms. The van der Waals surface area contributed by atoms with Crippen LogP contribution in [0.3, 0.4) is 0 Å².